The SMILES string of the molecule is CC(C)CNC(=O)CC1CC2(CCN(C(=O)c3ccco3)CC2)Oc2ccccc21. The minimum absolute atomic E-state index is 0.0735. The lowest BCUT2D eigenvalue weighted by atomic mass is 9.76. The predicted molar refractivity (Wildman–Crippen MR) is 113 cm³/mol. The smallest absolute Gasteiger partial charge is 0.289 e. The highest BCUT2D eigenvalue weighted by Gasteiger charge is 2.44. The molecule has 1 saturated heterocycles. The molecule has 1 fully saturated rings. The summed E-state index contributed by atoms with van der Waals surface area (Å²) in [5.74, 6) is 1.81. The number of carbonyl (C=O) groups is 2. The Bertz CT molecular complexity index is 882. The van der Waals surface area contributed by atoms with Gasteiger partial charge >= 0.3 is 0 Å². The summed E-state index contributed by atoms with van der Waals surface area (Å²) < 4.78 is 11.8. The van der Waals surface area contributed by atoms with Crippen molar-refractivity contribution in [2.75, 3.05) is 19.6 Å². The zero-order valence-electron chi connectivity index (χ0n) is 17.7. The van der Waals surface area contributed by atoms with Crippen LogP contribution in [0.2, 0.25) is 0 Å². The summed E-state index contributed by atoms with van der Waals surface area (Å²) in [6.07, 6.45) is 4.27. The molecule has 1 unspecified atom stereocenters. The van der Waals surface area contributed by atoms with Crippen LogP contribution in [0.3, 0.4) is 0 Å². The molecular formula is C24H30N2O4. The summed E-state index contributed by atoms with van der Waals surface area (Å²) in [6.45, 7) is 6.12. The number of furan rings is 1. The predicted octanol–water partition coefficient (Wildman–Crippen LogP) is 3.98. The first-order chi connectivity index (χ1) is 14.5. The number of piperidine rings is 1. The Balaban J connectivity index is 1.46. The largest absolute Gasteiger partial charge is 0.487 e. The number of benzene rings is 1. The van der Waals surface area contributed by atoms with Crippen molar-refractivity contribution in [2.45, 2.75) is 51.0 Å². The maximum Gasteiger partial charge on any atom is 0.289 e. The molecule has 3 heterocycles. The number of hydrogen-bond donors (Lipinski definition) is 1. The highest BCUT2D eigenvalue weighted by molar-refractivity contribution is 5.91. The highest BCUT2D eigenvalue weighted by Crippen LogP contribution is 2.46. The summed E-state index contributed by atoms with van der Waals surface area (Å²) in [6, 6.07) is 11.5. The summed E-state index contributed by atoms with van der Waals surface area (Å²) in [5, 5.41) is 3.05. The topological polar surface area (TPSA) is 71.8 Å². The van der Waals surface area contributed by atoms with Crippen molar-refractivity contribution >= 4 is 11.8 Å². The van der Waals surface area contributed by atoms with Gasteiger partial charge in [-0.05, 0) is 36.1 Å². The third-order valence-corrected chi connectivity index (χ3v) is 6.14. The summed E-state index contributed by atoms with van der Waals surface area (Å²) in [7, 11) is 0. The van der Waals surface area contributed by atoms with E-state index in [-0.39, 0.29) is 23.3 Å². The molecule has 2 aliphatic rings. The molecule has 6 nitrogen and oxygen atoms in total. The van der Waals surface area contributed by atoms with E-state index in [1.54, 1.807) is 12.1 Å². The molecule has 2 amide bonds. The minimum Gasteiger partial charge on any atom is -0.487 e. The lowest BCUT2D eigenvalue weighted by molar-refractivity contribution is -0.122. The number of fused-ring (bicyclic) bond motifs is 1. The third kappa shape index (κ3) is 4.37. The Kier molecular flexibility index (Phi) is 5.84. The van der Waals surface area contributed by atoms with Crippen LogP contribution in [-0.4, -0.2) is 41.9 Å². The number of amides is 2. The fourth-order valence-electron chi connectivity index (χ4n) is 4.52. The lowest BCUT2D eigenvalue weighted by Crippen LogP contribution is -2.52. The van der Waals surface area contributed by atoms with Crippen LogP contribution < -0.4 is 10.1 Å². The van der Waals surface area contributed by atoms with Gasteiger partial charge in [-0.2, -0.15) is 0 Å². The van der Waals surface area contributed by atoms with Crippen molar-refractivity contribution in [1.82, 2.24) is 10.2 Å². The number of nitrogens with one attached hydrogen (secondary N) is 1. The molecule has 1 aromatic carbocycles. The van der Waals surface area contributed by atoms with Gasteiger partial charge in [0.1, 0.15) is 11.4 Å². The van der Waals surface area contributed by atoms with Gasteiger partial charge in [-0.3, -0.25) is 9.59 Å². The molecule has 30 heavy (non-hydrogen) atoms. The number of carbonyl (C=O) groups excluding carboxylic acids is 2. The Hall–Kier alpha value is -2.76. The Morgan fingerprint density at radius 2 is 1.93 bits per heavy atom. The molecule has 0 aliphatic carbocycles. The van der Waals surface area contributed by atoms with Crippen molar-refractivity contribution in [3.8, 4) is 5.75 Å². The number of ether oxygens (including phenoxy) is 1. The van der Waals surface area contributed by atoms with Gasteiger partial charge in [-0.15, -0.1) is 0 Å². The van der Waals surface area contributed by atoms with E-state index in [1.807, 2.05) is 23.1 Å². The second kappa shape index (κ2) is 8.54. The average molecular weight is 411 g/mol. The molecule has 0 radical (unpaired) electrons. The summed E-state index contributed by atoms with van der Waals surface area (Å²) >= 11 is 0. The first-order valence-electron chi connectivity index (χ1n) is 10.8. The maximum atomic E-state index is 12.6. The zero-order chi connectivity index (χ0) is 21.1. The molecule has 1 N–H and O–H groups in total. The van der Waals surface area contributed by atoms with E-state index in [1.165, 1.54) is 6.26 Å². The fourth-order valence-corrected chi connectivity index (χ4v) is 4.52. The normalized spacial score (nSPS) is 20.0. The van der Waals surface area contributed by atoms with Crippen LogP contribution in [0.15, 0.2) is 47.1 Å². The Morgan fingerprint density at radius 1 is 1.17 bits per heavy atom. The van der Waals surface area contributed by atoms with Crippen LogP contribution in [0.1, 0.15) is 61.6 Å². The summed E-state index contributed by atoms with van der Waals surface area (Å²) in [4.78, 5) is 27.0. The van der Waals surface area contributed by atoms with E-state index in [0.29, 0.717) is 37.7 Å². The molecule has 0 saturated carbocycles. The van der Waals surface area contributed by atoms with Gasteiger partial charge in [0, 0.05) is 44.8 Å². The van der Waals surface area contributed by atoms with Crippen LogP contribution in [-0.2, 0) is 4.79 Å². The molecule has 1 spiro atoms. The van der Waals surface area contributed by atoms with Crippen LogP contribution in [0.5, 0.6) is 5.75 Å². The van der Waals surface area contributed by atoms with E-state index in [0.717, 1.165) is 30.6 Å². The van der Waals surface area contributed by atoms with Gasteiger partial charge in [0.25, 0.3) is 5.91 Å². The monoisotopic (exact) mass is 410 g/mol. The molecule has 2 aliphatic heterocycles. The van der Waals surface area contributed by atoms with Crippen LogP contribution in [0, 0.1) is 5.92 Å². The van der Waals surface area contributed by atoms with Gasteiger partial charge in [0.2, 0.25) is 5.91 Å². The Morgan fingerprint density at radius 3 is 2.63 bits per heavy atom. The van der Waals surface area contributed by atoms with Gasteiger partial charge in [0.15, 0.2) is 5.76 Å². The number of likely N-dealkylation sites (tertiary alicyclic amines) is 1. The molecule has 6 heteroatoms. The maximum absolute atomic E-state index is 12.6. The lowest BCUT2D eigenvalue weighted by Gasteiger charge is -2.46. The minimum atomic E-state index is -0.336. The number of nitrogens with zero attached hydrogens (tertiary/aromatic N) is 1. The quantitative estimate of drug-likeness (QED) is 0.809. The van der Waals surface area contributed by atoms with Gasteiger partial charge in [-0.25, -0.2) is 0 Å². The van der Waals surface area contributed by atoms with E-state index in [9.17, 15) is 9.59 Å². The van der Waals surface area contributed by atoms with Crippen LogP contribution in [0.25, 0.3) is 0 Å². The number of rotatable bonds is 5. The van der Waals surface area contributed by atoms with Crippen LogP contribution in [0.4, 0.5) is 0 Å². The molecular weight excluding hydrogens is 380 g/mol. The first-order valence-corrected chi connectivity index (χ1v) is 10.8. The van der Waals surface area contributed by atoms with E-state index in [2.05, 4.69) is 25.2 Å². The van der Waals surface area contributed by atoms with E-state index < -0.39 is 0 Å². The number of hydrogen-bond acceptors (Lipinski definition) is 4. The Labute approximate surface area is 177 Å². The van der Waals surface area contributed by atoms with Gasteiger partial charge in [-0.1, -0.05) is 32.0 Å². The molecule has 160 valence electrons. The molecule has 1 aromatic heterocycles. The standard InChI is InChI=1S/C24H30N2O4/c1-17(2)16-25-22(27)14-18-15-24(30-20-7-4-3-6-19(18)20)9-11-26(12-10-24)23(28)21-8-5-13-29-21/h3-8,13,17-18H,9-12,14-16H2,1-2H3,(H,25,27). The molecule has 0 bridgehead atoms. The van der Waals surface area contributed by atoms with Crippen molar-refractivity contribution in [2.24, 2.45) is 5.92 Å². The van der Waals surface area contributed by atoms with Crippen molar-refractivity contribution in [3.05, 3.63) is 54.0 Å². The second-order valence-electron chi connectivity index (χ2n) is 8.90. The third-order valence-electron chi connectivity index (χ3n) is 6.14. The van der Waals surface area contributed by atoms with Gasteiger partial charge in [0.05, 0.1) is 6.26 Å². The van der Waals surface area contributed by atoms with Gasteiger partial charge < -0.3 is 19.4 Å². The molecule has 2 aromatic rings. The first kappa shape index (κ1) is 20.5. The van der Waals surface area contributed by atoms with Crippen molar-refractivity contribution in [3.63, 3.8) is 0 Å². The van der Waals surface area contributed by atoms with E-state index >= 15 is 0 Å². The fraction of sp³-hybridized carbons (Fsp3) is 0.500. The van der Waals surface area contributed by atoms with Crippen molar-refractivity contribution < 1.29 is 18.7 Å². The van der Waals surface area contributed by atoms with Crippen molar-refractivity contribution in [1.29, 1.82) is 0 Å². The second-order valence-corrected chi connectivity index (χ2v) is 8.90. The zero-order valence-corrected chi connectivity index (χ0v) is 17.7. The number of para-hydroxylation sites is 1. The summed E-state index contributed by atoms with van der Waals surface area (Å²) in [5.41, 5.74) is 0.772. The van der Waals surface area contributed by atoms with E-state index in [4.69, 9.17) is 9.15 Å². The van der Waals surface area contributed by atoms with Crippen LogP contribution >= 0.6 is 0 Å². The highest BCUT2D eigenvalue weighted by atomic mass is 16.5. The molecule has 1 atom stereocenters. The molecule has 4 rings (SSSR count). The average Bonchev–Trinajstić information content (AvgIpc) is 3.27.